The summed E-state index contributed by atoms with van der Waals surface area (Å²) in [7, 11) is 0. The fourth-order valence-electron chi connectivity index (χ4n) is 2.08. The minimum absolute atomic E-state index is 0.0858. The molecule has 8 heteroatoms. The number of nitrogens with one attached hydrogen (secondary N) is 1. The van der Waals surface area contributed by atoms with Crippen molar-refractivity contribution in [3.63, 3.8) is 0 Å². The highest BCUT2D eigenvalue weighted by Crippen LogP contribution is 2.19. The minimum atomic E-state index is -0.902. The zero-order valence-corrected chi connectivity index (χ0v) is 13.7. The van der Waals surface area contributed by atoms with Gasteiger partial charge >= 0.3 is 5.97 Å². The van der Waals surface area contributed by atoms with Crippen LogP contribution in [0.2, 0.25) is 5.02 Å². The number of benzene rings is 2. The van der Waals surface area contributed by atoms with Crippen LogP contribution in [0.4, 0.5) is 13.2 Å². The summed E-state index contributed by atoms with van der Waals surface area (Å²) in [5.74, 6) is -3.74. The first kappa shape index (κ1) is 18.8. The van der Waals surface area contributed by atoms with E-state index in [2.05, 4.69) is 5.32 Å². The van der Waals surface area contributed by atoms with Crippen LogP contribution in [0.3, 0.4) is 0 Å². The molecule has 132 valence electrons. The van der Waals surface area contributed by atoms with E-state index in [1.807, 2.05) is 0 Å². The van der Waals surface area contributed by atoms with Gasteiger partial charge in [0.2, 0.25) is 0 Å². The number of amides is 1. The molecule has 2 aromatic rings. The van der Waals surface area contributed by atoms with Gasteiger partial charge in [-0.2, -0.15) is 0 Å². The van der Waals surface area contributed by atoms with Crippen molar-refractivity contribution in [1.82, 2.24) is 5.32 Å². The highest BCUT2D eigenvalue weighted by atomic mass is 35.5. The molecule has 4 nitrogen and oxygen atoms in total. The number of hydrogen-bond acceptors (Lipinski definition) is 3. The first-order valence-electron chi connectivity index (χ1n) is 7.14. The van der Waals surface area contributed by atoms with Gasteiger partial charge in [0.1, 0.15) is 17.5 Å². The number of rotatable bonds is 5. The highest BCUT2D eigenvalue weighted by molar-refractivity contribution is 6.33. The summed E-state index contributed by atoms with van der Waals surface area (Å²) in [5, 5.41) is 2.27. The predicted octanol–water partition coefficient (Wildman–Crippen LogP) is 3.79. The molecule has 0 spiro atoms. The summed E-state index contributed by atoms with van der Waals surface area (Å²) >= 11 is 5.72. The number of carbonyl (C=O) groups excluding carboxylic acids is 2. The SMILES string of the molecule is C[C@H](NC(=O)COC(=O)c1ccc(F)cc1Cl)c1ccc(F)cc1F. The number of esters is 1. The number of halogens is 4. The summed E-state index contributed by atoms with van der Waals surface area (Å²) < 4.78 is 44.2. The molecule has 0 saturated heterocycles. The standard InChI is InChI=1S/C17H13ClF3NO3/c1-9(12-4-2-11(20)7-15(12)21)22-16(23)8-25-17(24)13-5-3-10(19)6-14(13)18/h2-7,9H,8H2,1H3,(H,22,23)/t9-/m0/s1. The Morgan fingerprint density at radius 1 is 1.12 bits per heavy atom. The molecule has 0 aromatic heterocycles. The van der Waals surface area contributed by atoms with Crippen molar-refractivity contribution in [1.29, 1.82) is 0 Å². The maximum Gasteiger partial charge on any atom is 0.340 e. The third-order valence-corrected chi connectivity index (χ3v) is 3.60. The topological polar surface area (TPSA) is 55.4 Å². The van der Waals surface area contributed by atoms with E-state index in [1.165, 1.54) is 13.0 Å². The van der Waals surface area contributed by atoms with Gasteiger partial charge in [-0.1, -0.05) is 17.7 Å². The molecule has 1 atom stereocenters. The lowest BCUT2D eigenvalue weighted by Gasteiger charge is -2.15. The second kappa shape index (κ2) is 8.02. The Morgan fingerprint density at radius 3 is 2.40 bits per heavy atom. The van der Waals surface area contributed by atoms with Gasteiger partial charge in [-0.25, -0.2) is 18.0 Å². The van der Waals surface area contributed by atoms with Gasteiger partial charge in [0.25, 0.3) is 5.91 Å². The molecule has 0 radical (unpaired) electrons. The Labute approximate surface area is 146 Å². The van der Waals surface area contributed by atoms with E-state index in [0.29, 0.717) is 6.07 Å². The second-order valence-corrected chi connectivity index (χ2v) is 5.56. The molecule has 0 heterocycles. The Morgan fingerprint density at radius 2 is 1.76 bits per heavy atom. The summed E-state index contributed by atoms with van der Waals surface area (Å²) in [6.07, 6.45) is 0. The normalized spacial score (nSPS) is 11.7. The Kier molecular flexibility index (Phi) is 6.03. The van der Waals surface area contributed by atoms with E-state index < -0.39 is 42.0 Å². The van der Waals surface area contributed by atoms with E-state index >= 15 is 0 Å². The van der Waals surface area contributed by atoms with Crippen molar-refractivity contribution in [2.24, 2.45) is 0 Å². The number of ether oxygens (including phenoxy) is 1. The van der Waals surface area contributed by atoms with Crippen LogP contribution in [0.15, 0.2) is 36.4 Å². The Balaban J connectivity index is 1.92. The number of carbonyl (C=O) groups is 2. The van der Waals surface area contributed by atoms with Gasteiger partial charge in [-0.15, -0.1) is 0 Å². The maximum absolute atomic E-state index is 13.6. The quantitative estimate of drug-likeness (QED) is 0.813. The minimum Gasteiger partial charge on any atom is -0.452 e. The Bertz CT molecular complexity index is 814. The summed E-state index contributed by atoms with van der Waals surface area (Å²) in [6, 6.07) is 5.32. The molecule has 2 rings (SSSR count). The number of hydrogen-bond donors (Lipinski definition) is 1. The van der Waals surface area contributed by atoms with E-state index in [-0.39, 0.29) is 16.1 Å². The van der Waals surface area contributed by atoms with Gasteiger partial charge in [-0.05, 0) is 31.2 Å². The zero-order valence-electron chi connectivity index (χ0n) is 13.0. The molecular formula is C17H13ClF3NO3. The van der Waals surface area contributed by atoms with Crippen molar-refractivity contribution in [2.75, 3.05) is 6.61 Å². The molecule has 0 fully saturated rings. The summed E-state index contributed by atoms with van der Waals surface area (Å²) in [4.78, 5) is 23.6. The van der Waals surface area contributed by atoms with Crippen molar-refractivity contribution >= 4 is 23.5 Å². The summed E-state index contributed by atoms with van der Waals surface area (Å²) in [6.45, 7) is 0.854. The van der Waals surface area contributed by atoms with E-state index in [9.17, 15) is 22.8 Å². The monoisotopic (exact) mass is 371 g/mol. The summed E-state index contributed by atoms with van der Waals surface area (Å²) in [5.41, 5.74) is -0.00357. The van der Waals surface area contributed by atoms with Crippen LogP contribution in [-0.2, 0) is 9.53 Å². The lowest BCUT2D eigenvalue weighted by molar-refractivity contribution is -0.124. The van der Waals surface area contributed by atoms with E-state index in [4.69, 9.17) is 16.3 Å². The molecule has 0 aliphatic rings. The van der Waals surface area contributed by atoms with Crippen LogP contribution < -0.4 is 5.32 Å². The van der Waals surface area contributed by atoms with Crippen LogP contribution in [0.25, 0.3) is 0 Å². The first-order valence-corrected chi connectivity index (χ1v) is 7.52. The van der Waals surface area contributed by atoms with Gasteiger partial charge in [0, 0.05) is 11.6 Å². The maximum atomic E-state index is 13.6. The highest BCUT2D eigenvalue weighted by Gasteiger charge is 2.17. The van der Waals surface area contributed by atoms with Crippen molar-refractivity contribution in [3.8, 4) is 0 Å². The van der Waals surface area contributed by atoms with E-state index in [1.54, 1.807) is 0 Å². The van der Waals surface area contributed by atoms with Crippen LogP contribution in [-0.4, -0.2) is 18.5 Å². The zero-order chi connectivity index (χ0) is 18.6. The Hall–Kier alpha value is -2.54. The molecule has 0 bridgehead atoms. The van der Waals surface area contributed by atoms with E-state index in [0.717, 1.165) is 24.3 Å². The molecule has 0 unspecified atom stereocenters. The molecule has 1 amide bonds. The fourth-order valence-corrected chi connectivity index (χ4v) is 2.32. The average molecular weight is 372 g/mol. The molecule has 25 heavy (non-hydrogen) atoms. The fraction of sp³-hybridized carbons (Fsp3) is 0.176. The van der Waals surface area contributed by atoms with Gasteiger partial charge in [0.05, 0.1) is 16.6 Å². The van der Waals surface area contributed by atoms with Crippen LogP contribution >= 0.6 is 11.6 Å². The molecular weight excluding hydrogens is 359 g/mol. The molecule has 0 saturated carbocycles. The van der Waals surface area contributed by atoms with Crippen LogP contribution in [0, 0.1) is 17.5 Å². The van der Waals surface area contributed by atoms with Crippen LogP contribution in [0.5, 0.6) is 0 Å². The predicted molar refractivity (Wildman–Crippen MR) is 84.6 cm³/mol. The lowest BCUT2D eigenvalue weighted by Crippen LogP contribution is -2.31. The van der Waals surface area contributed by atoms with Crippen molar-refractivity contribution < 1.29 is 27.5 Å². The molecule has 0 aliphatic heterocycles. The molecule has 1 N–H and O–H groups in total. The van der Waals surface area contributed by atoms with Gasteiger partial charge in [-0.3, -0.25) is 4.79 Å². The second-order valence-electron chi connectivity index (χ2n) is 5.16. The molecule has 0 aliphatic carbocycles. The smallest absolute Gasteiger partial charge is 0.340 e. The van der Waals surface area contributed by atoms with Crippen molar-refractivity contribution in [2.45, 2.75) is 13.0 Å². The third kappa shape index (κ3) is 4.96. The van der Waals surface area contributed by atoms with Gasteiger partial charge < -0.3 is 10.1 Å². The molecule has 2 aromatic carbocycles. The lowest BCUT2D eigenvalue weighted by atomic mass is 10.1. The van der Waals surface area contributed by atoms with Crippen LogP contribution in [0.1, 0.15) is 28.9 Å². The third-order valence-electron chi connectivity index (χ3n) is 3.29. The largest absolute Gasteiger partial charge is 0.452 e. The average Bonchev–Trinajstić information content (AvgIpc) is 2.52. The van der Waals surface area contributed by atoms with Gasteiger partial charge in [0.15, 0.2) is 6.61 Å². The first-order chi connectivity index (χ1) is 11.8. The van der Waals surface area contributed by atoms with Crippen molar-refractivity contribution in [3.05, 3.63) is 70.0 Å².